The van der Waals surface area contributed by atoms with Gasteiger partial charge in [0, 0.05) is 12.0 Å². The van der Waals surface area contributed by atoms with Gasteiger partial charge < -0.3 is 5.73 Å². The second kappa shape index (κ2) is 4.79. The Balaban J connectivity index is 2.10. The third kappa shape index (κ3) is 2.50. The molecule has 1 saturated carbocycles. The van der Waals surface area contributed by atoms with E-state index in [4.69, 9.17) is 5.73 Å². The molecule has 0 aliphatic heterocycles. The van der Waals surface area contributed by atoms with Crippen LogP contribution in [-0.4, -0.2) is 6.54 Å². The lowest BCUT2D eigenvalue weighted by Crippen LogP contribution is -2.24. The molecule has 16 heavy (non-hydrogen) atoms. The molecule has 0 unspecified atom stereocenters. The summed E-state index contributed by atoms with van der Waals surface area (Å²) in [4.78, 5) is 0. The topological polar surface area (TPSA) is 26.0 Å². The van der Waals surface area contributed by atoms with Gasteiger partial charge >= 0.3 is 0 Å². The Kier molecular flexibility index (Phi) is 3.39. The maximum absolute atomic E-state index is 12.7. The van der Waals surface area contributed by atoms with E-state index in [1.54, 1.807) is 12.1 Å². The molecule has 2 N–H and O–H groups in total. The van der Waals surface area contributed by atoms with Crippen LogP contribution < -0.4 is 5.73 Å². The zero-order valence-corrected chi connectivity index (χ0v) is 9.45. The summed E-state index contributed by atoms with van der Waals surface area (Å²) in [5, 5.41) is 0. The second-order valence-electron chi connectivity index (χ2n) is 4.66. The molecule has 1 aromatic carbocycles. The van der Waals surface area contributed by atoms with Crippen LogP contribution in [-0.2, 0) is 0 Å². The average Bonchev–Trinajstić information content (AvgIpc) is 2.78. The van der Waals surface area contributed by atoms with E-state index in [0.29, 0.717) is 6.54 Å². The van der Waals surface area contributed by atoms with E-state index in [0.717, 1.165) is 5.56 Å². The molecule has 0 heterocycles. The Morgan fingerprint density at radius 1 is 1.19 bits per heavy atom. The van der Waals surface area contributed by atoms with Gasteiger partial charge in [-0.05, 0) is 30.5 Å². The van der Waals surface area contributed by atoms with E-state index in [1.807, 2.05) is 0 Å². The summed E-state index contributed by atoms with van der Waals surface area (Å²) in [7, 11) is 0. The first-order valence-corrected chi connectivity index (χ1v) is 5.89. The fourth-order valence-electron chi connectivity index (χ4n) is 2.36. The van der Waals surface area contributed by atoms with Crippen LogP contribution in [0, 0.1) is 11.2 Å². The molecule has 1 aliphatic rings. The smallest absolute Gasteiger partial charge is 0.123 e. The van der Waals surface area contributed by atoms with Crippen molar-refractivity contribution >= 4 is 6.08 Å². The van der Waals surface area contributed by atoms with Crippen molar-refractivity contribution in [1.29, 1.82) is 0 Å². The number of nitrogens with two attached hydrogens (primary N) is 1. The first-order chi connectivity index (χ1) is 7.74. The van der Waals surface area contributed by atoms with Gasteiger partial charge in [0.15, 0.2) is 0 Å². The van der Waals surface area contributed by atoms with Gasteiger partial charge in [-0.1, -0.05) is 37.1 Å². The second-order valence-corrected chi connectivity index (χ2v) is 4.66. The van der Waals surface area contributed by atoms with Crippen LogP contribution in [0.25, 0.3) is 6.08 Å². The van der Waals surface area contributed by atoms with Crippen molar-refractivity contribution < 1.29 is 4.39 Å². The van der Waals surface area contributed by atoms with Crippen LogP contribution in [0.2, 0.25) is 0 Å². The number of hydrogen-bond donors (Lipinski definition) is 1. The number of hydrogen-bond acceptors (Lipinski definition) is 1. The zero-order chi connectivity index (χ0) is 11.4. The lowest BCUT2D eigenvalue weighted by Gasteiger charge is -2.22. The minimum atomic E-state index is -0.188. The molecule has 1 fully saturated rings. The van der Waals surface area contributed by atoms with E-state index in [-0.39, 0.29) is 11.2 Å². The van der Waals surface area contributed by atoms with E-state index in [9.17, 15) is 4.39 Å². The SMILES string of the molecule is NCC1(/C=C/c2ccc(F)cc2)CCCC1. The molecule has 2 heteroatoms. The molecule has 0 atom stereocenters. The Bertz CT molecular complexity index is 361. The maximum Gasteiger partial charge on any atom is 0.123 e. The molecule has 1 aromatic rings. The summed E-state index contributed by atoms with van der Waals surface area (Å²) in [6, 6.07) is 6.57. The van der Waals surface area contributed by atoms with E-state index < -0.39 is 0 Å². The summed E-state index contributed by atoms with van der Waals surface area (Å²) in [6.45, 7) is 0.713. The first kappa shape index (κ1) is 11.3. The van der Waals surface area contributed by atoms with E-state index in [1.165, 1.54) is 37.8 Å². The highest BCUT2D eigenvalue weighted by Gasteiger charge is 2.29. The van der Waals surface area contributed by atoms with Gasteiger partial charge in [0.05, 0.1) is 0 Å². The summed E-state index contributed by atoms with van der Waals surface area (Å²) in [5.74, 6) is -0.188. The van der Waals surface area contributed by atoms with Crippen LogP contribution in [0.5, 0.6) is 0 Å². The van der Waals surface area contributed by atoms with Gasteiger partial charge in [0.2, 0.25) is 0 Å². The number of benzene rings is 1. The number of rotatable bonds is 3. The fraction of sp³-hybridized carbons (Fsp3) is 0.429. The average molecular weight is 219 g/mol. The molecule has 0 amide bonds. The summed E-state index contributed by atoms with van der Waals surface area (Å²) >= 11 is 0. The molecule has 86 valence electrons. The molecular weight excluding hydrogens is 201 g/mol. The van der Waals surface area contributed by atoms with Crippen LogP contribution in [0.4, 0.5) is 4.39 Å². The molecule has 2 rings (SSSR count). The van der Waals surface area contributed by atoms with Gasteiger partial charge in [0.1, 0.15) is 5.82 Å². The highest BCUT2D eigenvalue weighted by atomic mass is 19.1. The summed E-state index contributed by atoms with van der Waals surface area (Å²) < 4.78 is 12.7. The Hall–Kier alpha value is -1.15. The largest absolute Gasteiger partial charge is 0.330 e. The predicted octanol–water partition coefficient (Wildman–Crippen LogP) is 3.36. The van der Waals surface area contributed by atoms with Crippen molar-refractivity contribution in [2.24, 2.45) is 11.1 Å². The van der Waals surface area contributed by atoms with E-state index in [2.05, 4.69) is 12.2 Å². The zero-order valence-electron chi connectivity index (χ0n) is 9.45. The quantitative estimate of drug-likeness (QED) is 0.828. The third-order valence-electron chi connectivity index (χ3n) is 3.51. The fourth-order valence-corrected chi connectivity index (χ4v) is 2.36. The molecule has 1 nitrogen and oxygen atoms in total. The standard InChI is InChI=1S/C14H18FN/c15-13-5-3-12(4-6-13)7-10-14(11-16)8-1-2-9-14/h3-7,10H,1-2,8-9,11,16H2/b10-7+. The van der Waals surface area contributed by atoms with Crippen molar-refractivity contribution in [2.45, 2.75) is 25.7 Å². The normalized spacial score (nSPS) is 19.4. The van der Waals surface area contributed by atoms with Crippen LogP contribution in [0.1, 0.15) is 31.2 Å². The van der Waals surface area contributed by atoms with Crippen molar-refractivity contribution in [3.8, 4) is 0 Å². The predicted molar refractivity (Wildman–Crippen MR) is 65.4 cm³/mol. The maximum atomic E-state index is 12.7. The Morgan fingerprint density at radius 2 is 1.81 bits per heavy atom. The summed E-state index contributed by atoms with van der Waals surface area (Å²) in [6.07, 6.45) is 9.18. The Morgan fingerprint density at radius 3 is 2.38 bits per heavy atom. The monoisotopic (exact) mass is 219 g/mol. The van der Waals surface area contributed by atoms with Crippen LogP contribution >= 0.6 is 0 Å². The molecule has 0 spiro atoms. The van der Waals surface area contributed by atoms with Crippen molar-refractivity contribution in [3.63, 3.8) is 0 Å². The Labute approximate surface area is 96.2 Å². The molecule has 0 radical (unpaired) electrons. The van der Waals surface area contributed by atoms with Gasteiger partial charge in [-0.2, -0.15) is 0 Å². The highest BCUT2D eigenvalue weighted by Crippen LogP contribution is 2.38. The van der Waals surface area contributed by atoms with Crippen molar-refractivity contribution in [1.82, 2.24) is 0 Å². The third-order valence-corrected chi connectivity index (χ3v) is 3.51. The van der Waals surface area contributed by atoms with Crippen molar-refractivity contribution in [3.05, 3.63) is 41.7 Å². The minimum absolute atomic E-state index is 0.188. The molecule has 1 aliphatic carbocycles. The first-order valence-electron chi connectivity index (χ1n) is 5.89. The number of halogens is 1. The van der Waals surface area contributed by atoms with Crippen LogP contribution in [0.3, 0.4) is 0 Å². The molecule has 0 saturated heterocycles. The summed E-state index contributed by atoms with van der Waals surface area (Å²) in [5.41, 5.74) is 7.08. The van der Waals surface area contributed by atoms with Gasteiger partial charge in [-0.25, -0.2) is 4.39 Å². The highest BCUT2D eigenvalue weighted by molar-refractivity contribution is 5.50. The lowest BCUT2D eigenvalue weighted by molar-refractivity contribution is 0.411. The van der Waals surface area contributed by atoms with E-state index >= 15 is 0 Å². The van der Waals surface area contributed by atoms with Gasteiger partial charge in [0.25, 0.3) is 0 Å². The molecular formula is C14H18FN. The molecule has 0 bridgehead atoms. The van der Waals surface area contributed by atoms with Gasteiger partial charge in [-0.15, -0.1) is 0 Å². The van der Waals surface area contributed by atoms with Crippen molar-refractivity contribution in [2.75, 3.05) is 6.54 Å². The molecule has 0 aromatic heterocycles. The van der Waals surface area contributed by atoms with Gasteiger partial charge in [-0.3, -0.25) is 0 Å². The van der Waals surface area contributed by atoms with Crippen LogP contribution in [0.15, 0.2) is 30.3 Å². The minimum Gasteiger partial charge on any atom is -0.330 e. The lowest BCUT2D eigenvalue weighted by atomic mass is 9.85.